The van der Waals surface area contributed by atoms with Crippen LogP contribution < -0.4 is 0 Å². The Morgan fingerprint density at radius 2 is 1.63 bits per heavy atom. The SMILES string of the molecule is CCC(CC)C(=O)/C=C(\O)C(CC)CC.[2H]c1c2ccccc2cc2c1oc1c(-c3[c-]c(C)cc(C)c3)nccc12.[Ir]. The number of rotatable bonds is 8. The van der Waals surface area contributed by atoms with Crippen molar-refractivity contribution < 1.29 is 35.8 Å². The van der Waals surface area contributed by atoms with Crippen molar-refractivity contribution in [2.24, 2.45) is 11.8 Å². The van der Waals surface area contributed by atoms with Crippen LogP contribution >= 0.6 is 0 Å². The monoisotopic (exact) mass is 728 g/mol. The van der Waals surface area contributed by atoms with E-state index < -0.39 is 0 Å². The number of ketones is 1. The van der Waals surface area contributed by atoms with E-state index in [1.54, 1.807) is 6.20 Å². The molecule has 0 saturated carbocycles. The molecule has 4 nitrogen and oxygen atoms in total. The number of aromatic nitrogens is 1. The Morgan fingerprint density at radius 1 is 0.976 bits per heavy atom. The van der Waals surface area contributed by atoms with E-state index in [4.69, 9.17) is 5.79 Å². The molecule has 2 heterocycles. The van der Waals surface area contributed by atoms with Crippen molar-refractivity contribution >= 4 is 38.5 Å². The number of hydrogen-bond acceptors (Lipinski definition) is 4. The van der Waals surface area contributed by atoms with Crippen LogP contribution in [0.25, 0.3) is 44.0 Å². The molecule has 0 aliphatic carbocycles. The molecule has 5 aromatic rings. The molecule has 41 heavy (non-hydrogen) atoms. The van der Waals surface area contributed by atoms with E-state index in [-0.39, 0.29) is 43.5 Å². The van der Waals surface area contributed by atoms with Crippen LogP contribution in [0.4, 0.5) is 0 Å². The molecule has 5 rings (SSSR count). The summed E-state index contributed by atoms with van der Waals surface area (Å²) in [5.41, 5.74) is 5.25. The molecule has 217 valence electrons. The molecule has 0 aliphatic heterocycles. The molecule has 3 aromatic carbocycles. The Hall–Kier alpha value is -3.27. The van der Waals surface area contributed by atoms with Crippen LogP contribution in [0.15, 0.2) is 77.0 Å². The summed E-state index contributed by atoms with van der Waals surface area (Å²) in [5.74, 6) is 0.547. The molecule has 0 amide bonds. The first-order valence-corrected chi connectivity index (χ1v) is 14.4. The fourth-order valence-corrected chi connectivity index (χ4v) is 5.29. The zero-order chi connectivity index (χ0) is 29.7. The van der Waals surface area contributed by atoms with Crippen molar-refractivity contribution in [1.29, 1.82) is 0 Å². The van der Waals surface area contributed by atoms with Crippen molar-refractivity contribution in [1.82, 2.24) is 4.98 Å². The Balaban J connectivity index is 0.000000263. The molecular weight excluding hydrogens is 687 g/mol. The van der Waals surface area contributed by atoms with Gasteiger partial charge >= 0.3 is 0 Å². The molecular formula is C36H40IrNO3-. The fourth-order valence-electron chi connectivity index (χ4n) is 5.29. The van der Waals surface area contributed by atoms with Gasteiger partial charge in [0.25, 0.3) is 0 Å². The third-order valence-corrected chi connectivity index (χ3v) is 7.64. The average molecular weight is 728 g/mol. The molecule has 2 aromatic heterocycles. The number of aliphatic hydroxyl groups is 1. The number of fused-ring (bicyclic) bond motifs is 4. The molecule has 0 fully saturated rings. The molecule has 1 N–H and O–H groups in total. The van der Waals surface area contributed by atoms with Crippen LogP contribution in [-0.2, 0) is 24.9 Å². The third kappa shape index (κ3) is 7.33. The number of benzene rings is 3. The molecule has 0 unspecified atom stereocenters. The Kier molecular flexibility index (Phi) is 10.9. The predicted molar refractivity (Wildman–Crippen MR) is 167 cm³/mol. The topological polar surface area (TPSA) is 63.3 Å². The maximum atomic E-state index is 11.7. The third-order valence-electron chi connectivity index (χ3n) is 7.64. The fraction of sp³-hybridized carbons (Fsp3) is 0.333. The maximum absolute atomic E-state index is 11.7. The molecule has 0 bridgehead atoms. The van der Waals surface area contributed by atoms with Crippen molar-refractivity contribution in [2.75, 3.05) is 0 Å². The first-order chi connectivity index (χ1) is 19.7. The van der Waals surface area contributed by atoms with E-state index in [1.807, 2.05) is 65.0 Å². The van der Waals surface area contributed by atoms with E-state index in [9.17, 15) is 9.90 Å². The number of pyridine rings is 1. The number of nitrogens with zero attached hydrogens (tertiary/aromatic N) is 1. The summed E-state index contributed by atoms with van der Waals surface area (Å²) in [7, 11) is 0. The molecule has 0 spiro atoms. The summed E-state index contributed by atoms with van der Waals surface area (Å²) in [6.45, 7) is 12.2. The molecule has 5 heteroatoms. The van der Waals surface area contributed by atoms with Gasteiger partial charge in [0.05, 0.1) is 7.13 Å². The summed E-state index contributed by atoms with van der Waals surface area (Å²) < 4.78 is 14.8. The maximum Gasteiger partial charge on any atom is 0.162 e. The first kappa shape index (κ1) is 30.7. The summed E-state index contributed by atoms with van der Waals surface area (Å²) in [6.07, 6.45) is 6.71. The van der Waals surface area contributed by atoms with Crippen molar-refractivity contribution in [3.05, 3.63) is 89.8 Å². The first-order valence-electron chi connectivity index (χ1n) is 14.9. The average Bonchev–Trinajstić information content (AvgIpc) is 3.33. The molecule has 1 radical (unpaired) electrons. The van der Waals surface area contributed by atoms with Crippen LogP contribution in [0.2, 0.25) is 0 Å². The second kappa shape index (κ2) is 14.6. The largest absolute Gasteiger partial charge is 0.512 e. The number of furan rings is 1. The van der Waals surface area contributed by atoms with E-state index in [2.05, 4.69) is 36.2 Å². The van der Waals surface area contributed by atoms with Crippen molar-refractivity contribution in [3.63, 3.8) is 0 Å². The van der Waals surface area contributed by atoms with Gasteiger partial charge in [-0.25, -0.2) is 0 Å². The van der Waals surface area contributed by atoms with Gasteiger partial charge in [-0.3, -0.25) is 4.79 Å². The zero-order valence-electron chi connectivity index (χ0n) is 25.8. The number of allylic oxidation sites excluding steroid dienone is 2. The minimum absolute atomic E-state index is 0. The van der Waals surface area contributed by atoms with Crippen molar-refractivity contribution in [3.8, 4) is 11.3 Å². The second-order valence-corrected chi connectivity index (χ2v) is 10.5. The van der Waals surface area contributed by atoms with E-state index in [0.29, 0.717) is 17.2 Å². The Labute approximate surface area is 258 Å². The van der Waals surface area contributed by atoms with Crippen LogP contribution in [0.3, 0.4) is 0 Å². The van der Waals surface area contributed by atoms with Gasteiger partial charge in [0.15, 0.2) is 5.78 Å². The number of hydrogen-bond donors (Lipinski definition) is 1. The van der Waals surface area contributed by atoms with Gasteiger partial charge in [0.2, 0.25) is 0 Å². The van der Waals surface area contributed by atoms with Gasteiger partial charge in [-0.2, -0.15) is 0 Å². The normalized spacial score (nSPS) is 12.0. The summed E-state index contributed by atoms with van der Waals surface area (Å²) in [5, 5.41) is 13.6. The van der Waals surface area contributed by atoms with E-state index in [0.717, 1.165) is 69.6 Å². The molecule has 0 aliphatic rings. The van der Waals surface area contributed by atoms with E-state index in [1.165, 1.54) is 6.08 Å². The second-order valence-electron chi connectivity index (χ2n) is 10.5. The molecule has 0 atom stereocenters. The molecule has 0 saturated heterocycles. The van der Waals surface area contributed by atoms with Crippen LogP contribution in [0.1, 0.15) is 65.9 Å². The Morgan fingerprint density at radius 3 is 2.27 bits per heavy atom. The smallest absolute Gasteiger partial charge is 0.162 e. The number of carbonyl (C=O) groups excluding carboxylic acids is 1. The van der Waals surface area contributed by atoms with Crippen LogP contribution in [0, 0.1) is 31.7 Å². The number of aliphatic hydroxyl groups excluding tert-OH is 1. The number of carbonyl (C=O) groups is 1. The summed E-state index contributed by atoms with van der Waals surface area (Å²) in [6, 6.07) is 20.0. The van der Waals surface area contributed by atoms with Gasteiger partial charge in [-0.15, -0.1) is 34.9 Å². The zero-order valence-corrected chi connectivity index (χ0v) is 27.2. The summed E-state index contributed by atoms with van der Waals surface area (Å²) in [4.78, 5) is 16.3. The van der Waals surface area contributed by atoms with Crippen LogP contribution in [0.5, 0.6) is 0 Å². The predicted octanol–water partition coefficient (Wildman–Crippen LogP) is 10.1. The minimum atomic E-state index is 0. The quantitative estimate of drug-likeness (QED) is 0.0982. The van der Waals surface area contributed by atoms with Gasteiger partial charge in [-0.05, 0) is 54.6 Å². The van der Waals surface area contributed by atoms with Gasteiger partial charge in [0.1, 0.15) is 11.2 Å². The summed E-state index contributed by atoms with van der Waals surface area (Å²) >= 11 is 0. The standard InChI is InChI=1S/C23H16NO.C13H24O2.Ir/c1-14-9-15(2)11-18(10-14)22-23-19(7-8-24-22)20-12-16-5-3-4-6-17(16)13-21(20)25-23;1-5-10(6-2)12(14)9-13(15)11(7-3)8-4;/h3-10,12-13H,1-2H3;9-11,14H,5-8H2,1-4H3;/q-1;;/b;12-9-;/i13D;;. The van der Waals surface area contributed by atoms with E-state index >= 15 is 0 Å². The van der Waals surface area contributed by atoms with Crippen LogP contribution in [-0.4, -0.2) is 15.9 Å². The van der Waals surface area contributed by atoms with Gasteiger partial charge in [-0.1, -0.05) is 65.8 Å². The van der Waals surface area contributed by atoms with Crippen molar-refractivity contribution in [2.45, 2.75) is 67.2 Å². The Bertz CT molecular complexity index is 1690. The minimum Gasteiger partial charge on any atom is -0.512 e. The van der Waals surface area contributed by atoms with Gasteiger partial charge in [0, 0.05) is 60.7 Å². The van der Waals surface area contributed by atoms with Gasteiger partial charge < -0.3 is 14.5 Å². The number of aryl methyl sites for hydroxylation is 2.